The summed E-state index contributed by atoms with van der Waals surface area (Å²) in [7, 11) is 0. The molecule has 0 atom stereocenters. The molecule has 0 unspecified atom stereocenters. The highest BCUT2D eigenvalue weighted by Crippen LogP contribution is 2.20. The average Bonchev–Trinajstić information content (AvgIpc) is 2.53. The Balaban J connectivity index is 4.40. The fourth-order valence-corrected chi connectivity index (χ4v) is 1.91. The van der Waals surface area contributed by atoms with Crippen LogP contribution in [0.2, 0.25) is 0 Å². The number of hydrogen-bond donors (Lipinski definition) is 1. The summed E-state index contributed by atoms with van der Waals surface area (Å²) in [6, 6.07) is 0. The lowest BCUT2D eigenvalue weighted by Crippen LogP contribution is -2.42. The number of hydrogen-bond acceptors (Lipinski definition) is 6. The maximum absolute atomic E-state index is 12.3. The SMILES string of the molecule is CC(C)C(=O)CCC(=O)C(C)(C)OCC(C)(C)OCC(=O)CCC(N)=O. The Kier molecular flexibility index (Phi) is 9.88. The molecule has 0 aliphatic carbocycles. The molecule has 0 saturated carbocycles. The summed E-state index contributed by atoms with van der Waals surface area (Å²) >= 11 is 0. The van der Waals surface area contributed by atoms with Crippen molar-refractivity contribution in [2.75, 3.05) is 13.2 Å². The van der Waals surface area contributed by atoms with Gasteiger partial charge in [-0.15, -0.1) is 0 Å². The van der Waals surface area contributed by atoms with Crippen molar-refractivity contribution < 1.29 is 28.7 Å². The van der Waals surface area contributed by atoms with Crippen LogP contribution in [0.25, 0.3) is 0 Å². The van der Waals surface area contributed by atoms with Crippen molar-refractivity contribution in [1.82, 2.24) is 0 Å². The maximum atomic E-state index is 12.3. The van der Waals surface area contributed by atoms with Gasteiger partial charge < -0.3 is 15.2 Å². The van der Waals surface area contributed by atoms with Crippen molar-refractivity contribution in [3.63, 3.8) is 0 Å². The molecule has 0 heterocycles. The van der Waals surface area contributed by atoms with Crippen LogP contribution in [0.1, 0.15) is 67.2 Å². The molecule has 150 valence electrons. The molecule has 26 heavy (non-hydrogen) atoms. The van der Waals surface area contributed by atoms with Crippen LogP contribution in [0.4, 0.5) is 0 Å². The molecule has 0 aliphatic heterocycles. The number of Topliss-reactive ketones (excluding diaryl/α,β-unsaturated/α-hetero) is 3. The van der Waals surface area contributed by atoms with Crippen LogP contribution in [0, 0.1) is 5.92 Å². The van der Waals surface area contributed by atoms with E-state index < -0.39 is 17.1 Å². The first-order valence-corrected chi connectivity index (χ1v) is 8.91. The zero-order chi connectivity index (χ0) is 20.5. The number of carbonyl (C=O) groups is 4. The average molecular weight is 371 g/mol. The minimum atomic E-state index is -1.05. The Morgan fingerprint density at radius 2 is 1.46 bits per heavy atom. The van der Waals surface area contributed by atoms with Crippen LogP contribution in [0.15, 0.2) is 0 Å². The van der Waals surface area contributed by atoms with Gasteiger partial charge in [0.15, 0.2) is 11.6 Å². The third-order valence-electron chi connectivity index (χ3n) is 3.97. The summed E-state index contributed by atoms with van der Waals surface area (Å²) in [5.74, 6) is -0.949. The zero-order valence-corrected chi connectivity index (χ0v) is 16.8. The minimum absolute atomic E-state index is 0.00421. The first-order valence-electron chi connectivity index (χ1n) is 8.91. The Labute approximate surface area is 156 Å². The van der Waals surface area contributed by atoms with E-state index in [1.54, 1.807) is 41.5 Å². The van der Waals surface area contributed by atoms with Crippen LogP contribution >= 0.6 is 0 Å². The highest BCUT2D eigenvalue weighted by Gasteiger charge is 2.32. The molecule has 0 rings (SSSR count). The van der Waals surface area contributed by atoms with Crippen LogP contribution in [-0.2, 0) is 28.7 Å². The number of primary amides is 1. The topological polar surface area (TPSA) is 113 Å². The summed E-state index contributed by atoms with van der Waals surface area (Å²) in [6.07, 6.45) is 0.379. The molecule has 0 fully saturated rings. The molecule has 0 aromatic carbocycles. The first-order chi connectivity index (χ1) is 11.8. The second kappa shape index (κ2) is 10.5. The third kappa shape index (κ3) is 10.4. The second-order valence-corrected chi connectivity index (χ2v) is 7.90. The van der Waals surface area contributed by atoms with E-state index >= 15 is 0 Å². The van der Waals surface area contributed by atoms with Gasteiger partial charge >= 0.3 is 0 Å². The van der Waals surface area contributed by atoms with Crippen molar-refractivity contribution in [3.8, 4) is 0 Å². The molecular formula is C19H33NO6. The van der Waals surface area contributed by atoms with Crippen molar-refractivity contribution in [3.05, 3.63) is 0 Å². The van der Waals surface area contributed by atoms with Gasteiger partial charge in [-0.1, -0.05) is 13.8 Å². The minimum Gasteiger partial charge on any atom is -0.370 e. The highest BCUT2D eigenvalue weighted by molar-refractivity contribution is 5.91. The number of nitrogens with two attached hydrogens (primary N) is 1. The van der Waals surface area contributed by atoms with Crippen molar-refractivity contribution in [2.24, 2.45) is 11.7 Å². The largest absolute Gasteiger partial charge is 0.370 e. The maximum Gasteiger partial charge on any atom is 0.217 e. The van der Waals surface area contributed by atoms with E-state index in [4.69, 9.17) is 15.2 Å². The van der Waals surface area contributed by atoms with Crippen molar-refractivity contribution >= 4 is 23.3 Å². The first kappa shape index (κ1) is 24.4. The Morgan fingerprint density at radius 3 is 1.96 bits per heavy atom. The Morgan fingerprint density at radius 1 is 0.885 bits per heavy atom. The summed E-state index contributed by atoms with van der Waals surface area (Å²) in [5.41, 5.74) is 3.17. The van der Waals surface area contributed by atoms with Gasteiger partial charge in [0, 0.05) is 31.6 Å². The second-order valence-electron chi connectivity index (χ2n) is 7.90. The van der Waals surface area contributed by atoms with Crippen molar-refractivity contribution in [1.29, 1.82) is 0 Å². The van der Waals surface area contributed by atoms with Gasteiger partial charge in [-0.25, -0.2) is 0 Å². The molecule has 0 aliphatic rings. The molecule has 1 amide bonds. The van der Waals surface area contributed by atoms with Gasteiger partial charge in [-0.2, -0.15) is 0 Å². The van der Waals surface area contributed by atoms with Gasteiger partial charge in [-0.05, 0) is 27.7 Å². The fourth-order valence-electron chi connectivity index (χ4n) is 1.91. The smallest absolute Gasteiger partial charge is 0.217 e. The molecule has 0 aromatic heterocycles. The number of amides is 1. The normalized spacial score (nSPS) is 12.3. The van der Waals surface area contributed by atoms with Crippen LogP contribution in [-0.4, -0.2) is 47.7 Å². The van der Waals surface area contributed by atoms with Gasteiger partial charge in [0.05, 0.1) is 12.2 Å². The monoisotopic (exact) mass is 371 g/mol. The Bertz CT molecular complexity index is 522. The molecule has 7 nitrogen and oxygen atoms in total. The molecule has 0 radical (unpaired) electrons. The van der Waals surface area contributed by atoms with Crippen molar-refractivity contribution in [2.45, 2.75) is 78.4 Å². The van der Waals surface area contributed by atoms with Gasteiger partial charge in [-0.3, -0.25) is 19.2 Å². The standard InChI is InChI=1S/C19H33NO6/c1-13(2)15(22)8-9-16(23)19(5,6)26-12-18(3,4)25-11-14(21)7-10-17(20)24/h13H,7-12H2,1-6H3,(H2,20,24). The number of ketones is 3. The Hall–Kier alpha value is -1.60. The lowest BCUT2D eigenvalue weighted by Gasteiger charge is -2.31. The molecule has 7 heteroatoms. The lowest BCUT2D eigenvalue weighted by molar-refractivity contribution is -0.157. The lowest BCUT2D eigenvalue weighted by atomic mass is 9.95. The summed E-state index contributed by atoms with van der Waals surface area (Å²) in [4.78, 5) is 46.3. The van der Waals surface area contributed by atoms with E-state index in [0.717, 1.165) is 0 Å². The van der Waals surface area contributed by atoms with Crippen LogP contribution in [0.3, 0.4) is 0 Å². The molecule has 2 N–H and O–H groups in total. The van der Waals surface area contributed by atoms with Crippen LogP contribution < -0.4 is 5.73 Å². The molecule has 0 spiro atoms. The number of ether oxygens (including phenoxy) is 2. The predicted octanol–water partition coefficient (Wildman–Crippen LogP) is 1.99. The van der Waals surface area contributed by atoms with Gasteiger partial charge in [0.1, 0.15) is 18.0 Å². The van der Waals surface area contributed by atoms with E-state index in [-0.39, 0.29) is 62.2 Å². The number of rotatable bonds is 14. The van der Waals surface area contributed by atoms with Gasteiger partial charge in [0.25, 0.3) is 0 Å². The fraction of sp³-hybridized carbons (Fsp3) is 0.789. The highest BCUT2D eigenvalue weighted by atomic mass is 16.6. The van der Waals surface area contributed by atoms with Gasteiger partial charge in [0.2, 0.25) is 5.91 Å². The van der Waals surface area contributed by atoms with E-state index in [1.165, 1.54) is 0 Å². The van der Waals surface area contributed by atoms with E-state index in [9.17, 15) is 19.2 Å². The number of carbonyl (C=O) groups excluding carboxylic acids is 4. The third-order valence-corrected chi connectivity index (χ3v) is 3.97. The zero-order valence-electron chi connectivity index (χ0n) is 16.8. The summed E-state index contributed by atoms with van der Waals surface area (Å²) < 4.78 is 11.2. The molecule has 0 bridgehead atoms. The summed E-state index contributed by atoms with van der Waals surface area (Å²) in [6.45, 7) is 10.4. The summed E-state index contributed by atoms with van der Waals surface area (Å²) in [5, 5.41) is 0. The van der Waals surface area contributed by atoms with E-state index in [1.807, 2.05) is 0 Å². The van der Waals surface area contributed by atoms with E-state index in [2.05, 4.69) is 0 Å². The molecular weight excluding hydrogens is 338 g/mol. The molecule has 0 aromatic rings. The molecule has 0 saturated heterocycles. The van der Waals surface area contributed by atoms with Crippen LogP contribution in [0.5, 0.6) is 0 Å². The quantitative estimate of drug-likeness (QED) is 0.499. The van der Waals surface area contributed by atoms with E-state index in [0.29, 0.717) is 0 Å². The predicted molar refractivity (Wildman–Crippen MR) is 97.6 cm³/mol.